The topological polar surface area (TPSA) is 48.4 Å². The lowest BCUT2D eigenvalue weighted by Gasteiger charge is -2.37. The van der Waals surface area contributed by atoms with Crippen molar-refractivity contribution in [2.45, 2.75) is 26.8 Å². The zero-order valence-electron chi connectivity index (χ0n) is 14.4. The van der Waals surface area contributed by atoms with Crippen molar-refractivity contribution in [3.8, 4) is 0 Å². The number of thiazole rings is 1. The van der Waals surface area contributed by atoms with Crippen molar-refractivity contribution in [1.82, 2.24) is 19.9 Å². The summed E-state index contributed by atoms with van der Waals surface area (Å²) in [6, 6.07) is 0. The van der Waals surface area contributed by atoms with E-state index in [1.807, 2.05) is 0 Å². The van der Waals surface area contributed by atoms with Crippen LogP contribution < -0.4 is 9.80 Å². The number of fused-ring (bicyclic) bond motifs is 1. The lowest BCUT2D eigenvalue weighted by Crippen LogP contribution is -2.47. The molecule has 0 spiro atoms. The van der Waals surface area contributed by atoms with Crippen LogP contribution in [-0.4, -0.2) is 59.1 Å². The molecule has 4 rings (SSSR count). The standard InChI is InChI=1S/C17H24N6S/c1-3-21-5-4-15-14(10-21)16(19-12-18-15)22-6-8-23(9-7-22)17-20-13(2)11-24-17/h11-12H,3-10H2,1-2H3. The summed E-state index contributed by atoms with van der Waals surface area (Å²) in [5.74, 6) is 1.15. The number of likely N-dealkylation sites (N-methyl/N-ethyl adjacent to an activating group) is 1. The Morgan fingerprint density at radius 3 is 2.58 bits per heavy atom. The molecule has 24 heavy (non-hydrogen) atoms. The van der Waals surface area contributed by atoms with Gasteiger partial charge in [-0.1, -0.05) is 6.92 Å². The number of anilines is 2. The maximum absolute atomic E-state index is 4.64. The minimum absolute atomic E-state index is 0.980. The molecule has 0 radical (unpaired) electrons. The van der Waals surface area contributed by atoms with Gasteiger partial charge >= 0.3 is 0 Å². The molecule has 2 aliphatic heterocycles. The van der Waals surface area contributed by atoms with E-state index < -0.39 is 0 Å². The fraction of sp³-hybridized carbons (Fsp3) is 0.588. The quantitative estimate of drug-likeness (QED) is 0.848. The van der Waals surface area contributed by atoms with Crippen LogP contribution in [-0.2, 0) is 13.0 Å². The molecule has 2 aromatic rings. The van der Waals surface area contributed by atoms with Gasteiger partial charge in [-0.25, -0.2) is 15.0 Å². The van der Waals surface area contributed by atoms with Crippen molar-refractivity contribution in [1.29, 1.82) is 0 Å². The second-order valence-corrected chi connectivity index (χ2v) is 7.32. The van der Waals surface area contributed by atoms with Crippen LogP contribution in [0.25, 0.3) is 0 Å². The first-order chi connectivity index (χ1) is 11.7. The highest BCUT2D eigenvalue weighted by molar-refractivity contribution is 7.13. The molecule has 0 atom stereocenters. The minimum Gasteiger partial charge on any atom is -0.353 e. The number of nitrogens with zero attached hydrogens (tertiary/aromatic N) is 6. The lowest BCUT2D eigenvalue weighted by molar-refractivity contribution is 0.265. The van der Waals surface area contributed by atoms with Gasteiger partial charge in [0.25, 0.3) is 0 Å². The lowest BCUT2D eigenvalue weighted by atomic mass is 10.1. The molecule has 2 aliphatic rings. The highest BCUT2D eigenvalue weighted by Gasteiger charge is 2.26. The van der Waals surface area contributed by atoms with Gasteiger partial charge in [0.05, 0.1) is 11.4 Å². The first kappa shape index (κ1) is 15.8. The predicted octanol–water partition coefficient (Wildman–Crippen LogP) is 1.95. The van der Waals surface area contributed by atoms with E-state index >= 15 is 0 Å². The maximum atomic E-state index is 4.64. The van der Waals surface area contributed by atoms with E-state index in [-0.39, 0.29) is 0 Å². The van der Waals surface area contributed by atoms with E-state index in [9.17, 15) is 0 Å². The van der Waals surface area contributed by atoms with Gasteiger partial charge in [0, 0.05) is 56.6 Å². The molecular weight excluding hydrogens is 320 g/mol. The summed E-state index contributed by atoms with van der Waals surface area (Å²) in [5.41, 5.74) is 3.69. The summed E-state index contributed by atoms with van der Waals surface area (Å²) in [6.45, 7) is 11.5. The third-order valence-corrected chi connectivity index (χ3v) is 5.98. The molecule has 6 nitrogen and oxygen atoms in total. The van der Waals surface area contributed by atoms with Crippen molar-refractivity contribution in [3.05, 3.63) is 28.7 Å². The Morgan fingerprint density at radius 2 is 1.88 bits per heavy atom. The van der Waals surface area contributed by atoms with Crippen LogP contribution in [0.4, 0.5) is 10.9 Å². The molecule has 128 valence electrons. The average Bonchev–Trinajstić information content (AvgIpc) is 3.07. The monoisotopic (exact) mass is 344 g/mol. The van der Waals surface area contributed by atoms with Gasteiger partial charge in [-0.2, -0.15) is 0 Å². The molecule has 0 bridgehead atoms. The summed E-state index contributed by atoms with van der Waals surface area (Å²) in [5, 5.41) is 3.27. The van der Waals surface area contributed by atoms with Crippen molar-refractivity contribution in [2.75, 3.05) is 49.1 Å². The Balaban J connectivity index is 1.50. The summed E-state index contributed by atoms with van der Waals surface area (Å²) in [7, 11) is 0. The van der Waals surface area contributed by atoms with Crippen LogP contribution in [0, 0.1) is 6.92 Å². The van der Waals surface area contributed by atoms with E-state index in [4.69, 9.17) is 0 Å². The summed E-state index contributed by atoms with van der Waals surface area (Å²) < 4.78 is 0. The van der Waals surface area contributed by atoms with Gasteiger partial charge in [-0.3, -0.25) is 4.90 Å². The fourth-order valence-corrected chi connectivity index (χ4v) is 4.38. The maximum Gasteiger partial charge on any atom is 0.185 e. The second kappa shape index (κ2) is 6.64. The molecule has 0 aliphatic carbocycles. The SMILES string of the molecule is CCN1CCc2ncnc(N3CCN(c4nc(C)cs4)CC3)c2C1. The van der Waals surface area contributed by atoms with Crippen LogP contribution in [0.15, 0.2) is 11.7 Å². The van der Waals surface area contributed by atoms with Crippen molar-refractivity contribution in [2.24, 2.45) is 0 Å². The van der Waals surface area contributed by atoms with Crippen molar-refractivity contribution >= 4 is 22.3 Å². The number of aryl methyl sites for hydroxylation is 1. The molecule has 7 heteroatoms. The van der Waals surface area contributed by atoms with Crippen LogP contribution in [0.2, 0.25) is 0 Å². The van der Waals surface area contributed by atoms with Crippen LogP contribution in [0.1, 0.15) is 23.9 Å². The molecule has 0 saturated carbocycles. The van der Waals surface area contributed by atoms with E-state index in [0.717, 1.165) is 68.9 Å². The molecule has 0 unspecified atom stereocenters. The summed E-state index contributed by atoms with van der Waals surface area (Å²) in [4.78, 5) is 21.1. The van der Waals surface area contributed by atoms with Crippen LogP contribution in [0.5, 0.6) is 0 Å². The average molecular weight is 344 g/mol. The van der Waals surface area contributed by atoms with Crippen LogP contribution in [0.3, 0.4) is 0 Å². The highest BCUT2D eigenvalue weighted by Crippen LogP contribution is 2.28. The number of hydrogen-bond acceptors (Lipinski definition) is 7. The largest absolute Gasteiger partial charge is 0.353 e. The number of aromatic nitrogens is 3. The molecule has 0 N–H and O–H groups in total. The van der Waals surface area contributed by atoms with Gasteiger partial charge in [0.2, 0.25) is 0 Å². The molecule has 0 aromatic carbocycles. The van der Waals surface area contributed by atoms with E-state index in [1.165, 1.54) is 11.3 Å². The summed E-state index contributed by atoms with van der Waals surface area (Å²) in [6.07, 6.45) is 2.78. The van der Waals surface area contributed by atoms with Gasteiger partial charge < -0.3 is 9.80 Å². The number of piperazine rings is 1. The zero-order valence-corrected chi connectivity index (χ0v) is 15.2. The molecule has 4 heterocycles. The Hall–Kier alpha value is -1.73. The summed E-state index contributed by atoms with van der Waals surface area (Å²) >= 11 is 1.74. The normalized spacial score (nSPS) is 18.8. The number of hydrogen-bond donors (Lipinski definition) is 0. The van der Waals surface area contributed by atoms with Gasteiger partial charge in [0.15, 0.2) is 5.13 Å². The smallest absolute Gasteiger partial charge is 0.185 e. The predicted molar refractivity (Wildman–Crippen MR) is 98.0 cm³/mol. The third-order valence-electron chi connectivity index (χ3n) is 4.96. The highest BCUT2D eigenvalue weighted by atomic mass is 32.1. The van der Waals surface area contributed by atoms with Gasteiger partial charge in [0.1, 0.15) is 12.1 Å². The molecule has 1 fully saturated rings. The molecular formula is C17H24N6S. The Morgan fingerprint density at radius 1 is 1.08 bits per heavy atom. The van der Waals surface area contributed by atoms with Crippen molar-refractivity contribution < 1.29 is 0 Å². The zero-order chi connectivity index (χ0) is 16.5. The second-order valence-electron chi connectivity index (χ2n) is 6.49. The first-order valence-electron chi connectivity index (χ1n) is 8.71. The van der Waals surface area contributed by atoms with Gasteiger partial charge in [-0.15, -0.1) is 11.3 Å². The fourth-order valence-electron chi connectivity index (χ4n) is 3.52. The molecule has 1 saturated heterocycles. The van der Waals surface area contributed by atoms with E-state index in [0.29, 0.717) is 0 Å². The van der Waals surface area contributed by atoms with Crippen LogP contribution >= 0.6 is 11.3 Å². The Kier molecular flexibility index (Phi) is 4.37. The molecule has 0 amide bonds. The molecule has 2 aromatic heterocycles. The van der Waals surface area contributed by atoms with Gasteiger partial charge in [-0.05, 0) is 13.5 Å². The van der Waals surface area contributed by atoms with E-state index in [1.54, 1.807) is 17.7 Å². The first-order valence-corrected chi connectivity index (χ1v) is 9.59. The Bertz CT molecular complexity index is 707. The third kappa shape index (κ3) is 2.98. The number of rotatable bonds is 3. The minimum atomic E-state index is 0.980. The van der Waals surface area contributed by atoms with Crippen molar-refractivity contribution in [3.63, 3.8) is 0 Å². The Labute approximate surface area is 147 Å². The van der Waals surface area contributed by atoms with E-state index in [2.05, 4.69) is 48.9 Å².